The Kier molecular flexibility index (Phi) is 2.53. The van der Waals surface area contributed by atoms with Gasteiger partial charge in [0, 0.05) is 0 Å². The SMILES string of the molecule is O=C1OC[C@H]2[C@@H](c3ccccc3)N3C(=N[C@@H]12)Oc1ccccc13. The zero-order valence-electron chi connectivity index (χ0n) is 12.3. The number of carbonyl (C=O) groups is 1. The maximum Gasteiger partial charge on any atom is 0.331 e. The highest BCUT2D eigenvalue weighted by Gasteiger charge is 2.52. The number of nitrogens with zero attached hydrogens (tertiary/aromatic N) is 2. The number of anilines is 1. The first-order chi connectivity index (χ1) is 11.3. The number of hydrogen-bond donors (Lipinski definition) is 0. The van der Waals surface area contributed by atoms with Crippen molar-refractivity contribution in [2.45, 2.75) is 12.1 Å². The van der Waals surface area contributed by atoms with Gasteiger partial charge in [-0.2, -0.15) is 0 Å². The molecule has 0 aromatic heterocycles. The van der Waals surface area contributed by atoms with E-state index in [1.165, 1.54) is 0 Å². The molecule has 0 radical (unpaired) electrons. The van der Waals surface area contributed by atoms with Crippen molar-refractivity contribution in [1.29, 1.82) is 0 Å². The van der Waals surface area contributed by atoms with E-state index in [-0.39, 0.29) is 17.9 Å². The molecule has 1 fully saturated rings. The molecule has 0 unspecified atom stereocenters. The standard InChI is InChI=1S/C18H14N2O3/c21-17-15-12(10-22-17)16(11-6-2-1-3-7-11)20-13-8-4-5-9-14(13)23-18(20)19-15/h1-9,12,15-16H,10H2/t12-,15-,16-/m1/s1. The van der Waals surface area contributed by atoms with Crippen molar-refractivity contribution in [1.82, 2.24) is 0 Å². The molecule has 3 aliphatic rings. The first-order valence-electron chi connectivity index (χ1n) is 7.68. The Morgan fingerprint density at radius 3 is 2.70 bits per heavy atom. The fraction of sp³-hybridized carbons (Fsp3) is 0.222. The monoisotopic (exact) mass is 306 g/mol. The van der Waals surface area contributed by atoms with Gasteiger partial charge in [0.1, 0.15) is 0 Å². The molecule has 0 aliphatic carbocycles. The quantitative estimate of drug-likeness (QED) is 0.760. The second kappa shape index (κ2) is 4.59. The Labute approximate surface area is 133 Å². The molecule has 114 valence electrons. The number of aliphatic imine (C=N–C) groups is 1. The summed E-state index contributed by atoms with van der Waals surface area (Å²) in [6.07, 6.45) is 0. The van der Waals surface area contributed by atoms with Crippen molar-refractivity contribution in [2.75, 3.05) is 11.5 Å². The van der Waals surface area contributed by atoms with Crippen LogP contribution in [0.3, 0.4) is 0 Å². The summed E-state index contributed by atoms with van der Waals surface area (Å²) in [6, 6.07) is 18.0. The molecular formula is C18H14N2O3. The van der Waals surface area contributed by atoms with E-state index >= 15 is 0 Å². The van der Waals surface area contributed by atoms with Gasteiger partial charge in [0.2, 0.25) is 0 Å². The fourth-order valence-electron chi connectivity index (χ4n) is 3.65. The normalized spacial score (nSPS) is 27.5. The van der Waals surface area contributed by atoms with Gasteiger partial charge < -0.3 is 9.47 Å². The molecule has 0 spiro atoms. The largest absolute Gasteiger partial charge is 0.464 e. The Balaban J connectivity index is 1.70. The third-order valence-corrected chi connectivity index (χ3v) is 4.67. The van der Waals surface area contributed by atoms with E-state index in [1.807, 2.05) is 42.5 Å². The predicted octanol–water partition coefficient (Wildman–Crippen LogP) is 2.54. The lowest BCUT2D eigenvalue weighted by atomic mass is 9.86. The molecule has 0 bridgehead atoms. The van der Waals surface area contributed by atoms with Gasteiger partial charge in [-0.05, 0) is 17.7 Å². The first kappa shape index (κ1) is 12.7. The highest BCUT2D eigenvalue weighted by atomic mass is 16.5. The van der Waals surface area contributed by atoms with Gasteiger partial charge in [-0.25, -0.2) is 9.79 Å². The zero-order chi connectivity index (χ0) is 15.4. The van der Waals surface area contributed by atoms with Crippen LogP contribution in [0.1, 0.15) is 11.6 Å². The Morgan fingerprint density at radius 2 is 1.83 bits per heavy atom. The number of carbonyl (C=O) groups excluding carboxylic acids is 1. The number of rotatable bonds is 1. The number of hydrogen-bond acceptors (Lipinski definition) is 5. The van der Waals surface area contributed by atoms with Crippen molar-refractivity contribution in [3.05, 3.63) is 60.2 Å². The van der Waals surface area contributed by atoms with Crippen molar-refractivity contribution in [2.24, 2.45) is 10.9 Å². The van der Waals surface area contributed by atoms with Crippen molar-refractivity contribution >= 4 is 17.7 Å². The fourth-order valence-corrected chi connectivity index (χ4v) is 3.65. The van der Waals surface area contributed by atoms with Crippen molar-refractivity contribution in [3.63, 3.8) is 0 Å². The number of amidine groups is 1. The Hall–Kier alpha value is -2.82. The van der Waals surface area contributed by atoms with Gasteiger partial charge in [-0.3, -0.25) is 4.90 Å². The molecule has 3 heterocycles. The second-order valence-electron chi connectivity index (χ2n) is 5.95. The van der Waals surface area contributed by atoms with Crippen LogP contribution in [-0.2, 0) is 9.53 Å². The Bertz CT molecular complexity index is 818. The van der Waals surface area contributed by atoms with Gasteiger partial charge in [0.05, 0.1) is 24.3 Å². The van der Waals surface area contributed by atoms with E-state index in [0.29, 0.717) is 12.6 Å². The van der Waals surface area contributed by atoms with E-state index in [4.69, 9.17) is 9.47 Å². The molecule has 23 heavy (non-hydrogen) atoms. The van der Waals surface area contributed by atoms with Crippen LogP contribution in [0.2, 0.25) is 0 Å². The molecule has 2 aromatic rings. The van der Waals surface area contributed by atoms with Crippen LogP contribution in [0.15, 0.2) is 59.6 Å². The molecule has 1 saturated heterocycles. The number of fused-ring (bicyclic) bond motifs is 4. The lowest BCUT2D eigenvalue weighted by molar-refractivity contribution is -0.138. The number of cyclic esters (lactones) is 1. The van der Waals surface area contributed by atoms with Crippen LogP contribution >= 0.6 is 0 Å². The summed E-state index contributed by atoms with van der Waals surface area (Å²) in [5, 5.41) is 0. The molecular weight excluding hydrogens is 292 g/mol. The maximum absolute atomic E-state index is 12.0. The van der Waals surface area contributed by atoms with Crippen LogP contribution in [-0.4, -0.2) is 24.6 Å². The zero-order valence-corrected chi connectivity index (χ0v) is 12.3. The van der Waals surface area contributed by atoms with Gasteiger partial charge in [0.15, 0.2) is 11.8 Å². The highest BCUT2D eigenvalue weighted by molar-refractivity contribution is 6.03. The number of para-hydroxylation sites is 2. The highest BCUT2D eigenvalue weighted by Crippen LogP contribution is 2.47. The minimum absolute atomic E-state index is 0.0107. The van der Waals surface area contributed by atoms with Crippen LogP contribution < -0.4 is 9.64 Å². The molecule has 0 saturated carbocycles. The molecule has 5 heteroatoms. The van der Waals surface area contributed by atoms with Gasteiger partial charge in [0.25, 0.3) is 6.02 Å². The minimum Gasteiger partial charge on any atom is -0.464 e. The minimum atomic E-state index is -0.485. The smallest absolute Gasteiger partial charge is 0.331 e. The van der Waals surface area contributed by atoms with Crippen LogP contribution in [0.5, 0.6) is 5.75 Å². The van der Waals surface area contributed by atoms with Crippen LogP contribution in [0, 0.1) is 5.92 Å². The average Bonchev–Trinajstić information content (AvgIpc) is 3.15. The Morgan fingerprint density at radius 1 is 1.04 bits per heavy atom. The first-order valence-corrected chi connectivity index (χ1v) is 7.68. The number of ether oxygens (including phenoxy) is 2. The summed E-state index contributed by atoms with van der Waals surface area (Å²) in [6.45, 7) is 0.387. The van der Waals surface area contributed by atoms with Gasteiger partial charge >= 0.3 is 5.97 Å². The van der Waals surface area contributed by atoms with E-state index in [2.05, 4.69) is 22.0 Å². The molecule has 0 N–H and O–H groups in total. The lowest BCUT2D eigenvalue weighted by Gasteiger charge is -2.36. The maximum atomic E-state index is 12.0. The summed E-state index contributed by atoms with van der Waals surface area (Å²) >= 11 is 0. The molecule has 5 nitrogen and oxygen atoms in total. The van der Waals surface area contributed by atoms with E-state index in [0.717, 1.165) is 17.0 Å². The summed E-state index contributed by atoms with van der Waals surface area (Å²) in [7, 11) is 0. The lowest BCUT2D eigenvalue weighted by Crippen LogP contribution is -2.46. The average molecular weight is 306 g/mol. The summed E-state index contributed by atoms with van der Waals surface area (Å²) in [4.78, 5) is 18.7. The number of benzene rings is 2. The molecule has 3 aliphatic heterocycles. The van der Waals surface area contributed by atoms with Crippen molar-refractivity contribution in [3.8, 4) is 5.75 Å². The summed E-state index contributed by atoms with van der Waals surface area (Å²) in [5.74, 6) is 0.506. The molecule has 3 atom stereocenters. The summed E-state index contributed by atoms with van der Waals surface area (Å²) < 4.78 is 11.2. The second-order valence-corrected chi connectivity index (χ2v) is 5.95. The molecule has 0 amide bonds. The van der Waals surface area contributed by atoms with E-state index in [1.54, 1.807) is 0 Å². The van der Waals surface area contributed by atoms with Crippen LogP contribution in [0.4, 0.5) is 5.69 Å². The third kappa shape index (κ3) is 1.73. The van der Waals surface area contributed by atoms with Gasteiger partial charge in [-0.15, -0.1) is 0 Å². The van der Waals surface area contributed by atoms with E-state index < -0.39 is 6.04 Å². The number of esters is 1. The van der Waals surface area contributed by atoms with Gasteiger partial charge in [-0.1, -0.05) is 42.5 Å². The predicted molar refractivity (Wildman–Crippen MR) is 84.4 cm³/mol. The topological polar surface area (TPSA) is 51.1 Å². The van der Waals surface area contributed by atoms with Crippen LogP contribution in [0.25, 0.3) is 0 Å². The van der Waals surface area contributed by atoms with E-state index in [9.17, 15) is 4.79 Å². The summed E-state index contributed by atoms with van der Waals surface area (Å²) in [5.41, 5.74) is 2.12. The third-order valence-electron chi connectivity index (χ3n) is 4.67. The molecule has 2 aromatic carbocycles. The van der Waals surface area contributed by atoms with Crippen molar-refractivity contribution < 1.29 is 14.3 Å². The molecule has 5 rings (SSSR count).